The molecular weight excluding hydrogens is 366 g/mol. The fraction of sp³-hybridized carbons (Fsp3) is 0.312. The van der Waals surface area contributed by atoms with Crippen molar-refractivity contribution in [3.63, 3.8) is 0 Å². The van der Waals surface area contributed by atoms with Gasteiger partial charge in [-0.2, -0.15) is 0 Å². The van der Waals surface area contributed by atoms with E-state index >= 15 is 0 Å². The SMILES string of the molecule is CCNC(Cc1ccc(C)cn1)c1ccc(F)cc1I. The summed E-state index contributed by atoms with van der Waals surface area (Å²) < 4.78 is 14.2. The third-order valence-corrected chi connectivity index (χ3v) is 4.11. The normalized spacial score (nSPS) is 12.4. The Bertz CT molecular complexity index is 569. The van der Waals surface area contributed by atoms with E-state index < -0.39 is 0 Å². The molecule has 1 unspecified atom stereocenters. The smallest absolute Gasteiger partial charge is 0.124 e. The van der Waals surface area contributed by atoms with Gasteiger partial charge in [-0.15, -0.1) is 0 Å². The van der Waals surface area contributed by atoms with Crippen molar-refractivity contribution in [1.82, 2.24) is 10.3 Å². The van der Waals surface area contributed by atoms with E-state index in [-0.39, 0.29) is 11.9 Å². The van der Waals surface area contributed by atoms with Crippen LogP contribution in [0.2, 0.25) is 0 Å². The van der Waals surface area contributed by atoms with Crippen LogP contribution in [-0.4, -0.2) is 11.5 Å². The van der Waals surface area contributed by atoms with E-state index in [0.29, 0.717) is 0 Å². The fourth-order valence-electron chi connectivity index (χ4n) is 2.15. The Morgan fingerprint density at radius 3 is 2.70 bits per heavy atom. The van der Waals surface area contributed by atoms with Crippen molar-refractivity contribution in [3.8, 4) is 0 Å². The first-order valence-corrected chi connectivity index (χ1v) is 7.78. The van der Waals surface area contributed by atoms with Crippen LogP contribution in [0.15, 0.2) is 36.5 Å². The quantitative estimate of drug-likeness (QED) is 0.788. The molecule has 2 nitrogen and oxygen atoms in total. The minimum atomic E-state index is -0.193. The molecule has 0 aliphatic carbocycles. The lowest BCUT2D eigenvalue weighted by Gasteiger charge is -2.19. The molecular formula is C16H18FIN2. The Morgan fingerprint density at radius 1 is 1.30 bits per heavy atom. The lowest BCUT2D eigenvalue weighted by molar-refractivity contribution is 0.539. The Labute approximate surface area is 133 Å². The molecule has 1 atom stereocenters. The number of benzene rings is 1. The number of nitrogens with one attached hydrogen (secondary N) is 1. The molecule has 0 saturated heterocycles. The van der Waals surface area contributed by atoms with Crippen molar-refractivity contribution >= 4 is 22.6 Å². The van der Waals surface area contributed by atoms with Gasteiger partial charge in [0.2, 0.25) is 0 Å². The predicted octanol–water partition coefficient (Wildman–Crippen LogP) is 4.03. The van der Waals surface area contributed by atoms with Crippen molar-refractivity contribution in [2.75, 3.05) is 6.54 Å². The van der Waals surface area contributed by atoms with E-state index in [0.717, 1.165) is 33.4 Å². The Morgan fingerprint density at radius 2 is 2.10 bits per heavy atom. The van der Waals surface area contributed by atoms with E-state index in [4.69, 9.17) is 0 Å². The van der Waals surface area contributed by atoms with Crippen LogP contribution in [0.25, 0.3) is 0 Å². The molecule has 4 heteroatoms. The monoisotopic (exact) mass is 384 g/mol. The van der Waals surface area contributed by atoms with Gasteiger partial charge in [0.05, 0.1) is 0 Å². The number of likely N-dealkylation sites (N-methyl/N-ethyl adjacent to an activating group) is 1. The van der Waals surface area contributed by atoms with Crippen LogP contribution < -0.4 is 5.32 Å². The molecule has 0 saturated carbocycles. The van der Waals surface area contributed by atoms with E-state index in [9.17, 15) is 4.39 Å². The number of pyridine rings is 1. The number of rotatable bonds is 5. The molecule has 2 rings (SSSR count). The van der Waals surface area contributed by atoms with Gasteiger partial charge in [0.25, 0.3) is 0 Å². The summed E-state index contributed by atoms with van der Waals surface area (Å²) in [6.07, 6.45) is 2.68. The molecule has 0 aliphatic heterocycles. The van der Waals surface area contributed by atoms with Crippen molar-refractivity contribution in [3.05, 3.63) is 62.7 Å². The zero-order chi connectivity index (χ0) is 14.5. The summed E-state index contributed by atoms with van der Waals surface area (Å²) in [6, 6.07) is 9.23. The summed E-state index contributed by atoms with van der Waals surface area (Å²) in [5, 5.41) is 3.46. The molecule has 1 heterocycles. The van der Waals surface area contributed by atoms with E-state index in [1.807, 2.05) is 19.2 Å². The van der Waals surface area contributed by atoms with Crippen molar-refractivity contribution < 1.29 is 4.39 Å². The van der Waals surface area contributed by atoms with Crippen molar-refractivity contribution in [2.24, 2.45) is 0 Å². The molecule has 0 amide bonds. The van der Waals surface area contributed by atoms with Crippen LogP contribution in [0.4, 0.5) is 4.39 Å². The Balaban J connectivity index is 2.24. The average molecular weight is 384 g/mol. The highest BCUT2D eigenvalue weighted by Crippen LogP contribution is 2.24. The second kappa shape index (κ2) is 7.13. The summed E-state index contributed by atoms with van der Waals surface area (Å²) >= 11 is 2.19. The van der Waals surface area contributed by atoms with Crippen LogP contribution in [0, 0.1) is 16.3 Å². The summed E-state index contributed by atoms with van der Waals surface area (Å²) in [6.45, 7) is 4.97. The molecule has 0 spiro atoms. The Kier molecular flexibility index (Phi) is 5.48. The molecule has 0 fully saturated rings. The van der Waals surface area contributed by atoms with Gasteiger partial charge in [0.1, 0.15) is 5.82 Å². The molecule has 0 bridgehead atoms. The van der Waals surface area contributed by atoms with Crippen LogP contribution in [0.3, 0.4) is 0 Å². The number of aryl methyl sites for hydroxylation is 1. The van der Waals surface area contributed by atoms with E-state index in [1.165, 1.54) is 6.07 Å². The number of aromatic nitrogens is 1. The first-order valence-electron chi connectivity index (χ1n) is 6.70. The molecule has 106 valence electrons. The highest BCUT2D eigenvalue weighted by Gasteiger charge is 2.15. The summed E-state index contributed by atoms with van der Waals surface area (Å²) in [5.74, 6) is -0.193. The Hall–Kier alpha value is -1.01. The van der Waals surface area contributed by atoms with Gasteiger partial charge in [-0.1, -0.05) is 19.1 Å². The zero-order valence-corrected chi connectivity index (χ0v) is 13.8. The topological polar surface area (TPSA) is 24.9 Å². The zero-order valence-electron chi connectivity index (χ0n) is 11.7. The second-order valence-corrected chi connectivity index (χ2v) is 5.97. The number of halogens is 2. The molecule has 2 aromatic rings. The van der Waals surface area contributed by atoms with Crippen LogP contribution in [-0.2, 0) is 6.42 Å². The van der Waals surface area contributed by atoms with Gasteiger partial charge in [-0.3, -0.25) is 4.98 Å². The largest absolute Gasteiger partial charge is 0.310 e. The maximum Gasteiger partial charge on any atom is 0.124 e. The summed E-state index contributed by atoms with van der Waals surface area (Å²) in [7, 11) is 0. The van der Waals surface area contributed by atoms with E-state index in [2.05, 4.69) is 51.9 Å². The van der Waals surface area contributed by atoms with Crippen LogP contribution in [0.5, 0.6) is 0 Å². The van der Waals surface area contributed by atoms with Crippen LogP contribution >= 0.6 is 22.6 Å². The number of hydrogen-bond donors (Lipinski definition) is 1. The molecule has 1 N–H and O–H groups in total. The van der Waals surface area contributed by atoms with Gasteiger partial charge in [-0.25, -0.2) is 4.39 Å². The second-order valence-electron chi connectivity index (χ2n) is 4.81. The van der Waals surface area contributed by atoms with Gasteiger partial charge < -0.3 is 5.32 Å². The minimum absolute atomic E-state index is 0.155. The lowest BCUT2D eigenvalue weighted by atomic mass is 10.0. The van der Waals surface area contributed by atoms with Gasteiger partial charge in [-0.05, 0) is 65.4 Å². The van der Waals surface area contributed by atoms with Crippen molar-refractivity contribution in [1.29, 1.82) is 0 Å². The highest BCUT2D eigenvalue weighted by atomic mass is 127. The average Bonchev–Trinajstić information content (AvgIpc) is 2.41. The molecule has 1 aromatic heterocycles. The van der Waals surface area contributed by atoms with Gasteiger partial charge in [0, 0.05) is 27.9 Å². The number of nitrogens with zero attached hydrogens (tertiary/aromatic N) is 1. The molecule has 1 aromatic carbocycles. The number of hydrogen-bond acceptors (Lipinski definition) is 2. The minimum Gasteiger partial charge on any atom is -0.310 e. The molecule has 0 aliphatic rings. The van der Waals surface area contributed by atoms with Crippen LogP contribution in [0.1, 0.15) is 29.8 Å². The van der Waals surface area contributed by atoms with Gasteiger partial charge in [0.15, 0.2) is 0 Å². The standard InChI is InChI=1S/C16H18FIN2/c1-3-19-16(9-13-6-4-11(2)10-20-13)14-7-5-12(17)8-15(14)18/h4-8,10,16,19H,3,9H2,1-2H3. The first kappa shape index (κ1) is 15.4. The summed E-state index contributed by atoms with van der Waals surface area (Å²) in [5.41, 5.74) is 3.32. The fourth-order valence-corrected chi connectivity index (χ4v) is 3.00. The van der Waals surface area contributed by atoms with Crippen molar-refractivity contribution in [2.45, 2.75) is 26.3 Å². The maximum absolute atomic E-state index is 13.2. The maximum atomic E-state index is 13.2. The van der Waals surface area contributed by atoms with Gasteiger partial charge >= 0.3 is 0 Å². The molecule has 0 radical (unpaired) electrons. The molecule has 20 heavy (non-hydrogen) atoms. The third-order valence-electron chi connectivity index (χ3n) is 3.17. The highest BCUT2D eigenvalue weighted by molar-refractivity contribution is 14.1. The first-order chi connectivity index (χ1) is 9.60. The third kappa shape index (κ3) is 3.99. The predicted molar refractivity (Wildman–Crippen MR) is 88.2 cm³/mol. The van der Waals surface area contributed by atoms with E-state index in [1.54, 1.807) is 6.07 Å². The summed E-state index contributed by atoms with van der Waals surface area (Å²) in [4.78, 5) is 4.46. The lowest BCUT2D eigenvalue weighted by Crippen LogP contribution is -2.24.